The van der Waals surface area contributed by atoms with Gasteiger partial charge in [0.25, 0.3) is 0 Å². The summed E-state index contributed by atoms with van der Waals surface area (Å²) in [6.45, 7) is 6.02. The van der Waals surface area contributed by atoms with Crippen molar-refractivity contribution in [3.05, 3.63) is 28.0 Å². The first-order chi connectivity index (χ1) is 8.90. The maximum Gasteiger partial charge on any atom is 0.407 e. The SMILES string of the molecule is CC(C)(C)OC(=O)NCCC=Cc1csc(C#N)c1. The summed E-state index contributed by atoms with van der Waals surface area (Å²) < 4.78 is 5.11. The highest BCUT2D eigenvalue weighted by atomic mass is 32.1. The molecule has 5 heteroatoms. The van der Waals surface area contributed by atoms with Crippen molar-refractivity contribution in [3.63, 3.8) is 0 Å². The zero-order valence-corrected chi connectivity index (χ0v) is 12.2. The quantitative estimate of drug-likeness (QED) is 0.857. The van der Waals surface area contributed by atoms with E-state index in [2.05, 4.69) is 11.4 Å². The van der Waals surface area contributed by atoms with E-state index in [1.807, 2.05) is 44.4 Å². The summed E-state index contributed by atoms with van der Waals surface area (Å²) in [4.78, 5) is 12.0. The molecule has 102 valence electrons. The predicted octanol–water partition coefficient (Wildman–Crippen LogP) is 3.55. The largest absolute Gasteiger partial charge is 0.444 e. The van der Waals surface area contributed by atoms with Crippen LogP contribution in [0.5, 0.6) is 0 Å². The molecule has 1 heterocycles. The Balaban J connectivity index is 2.24. The van der Waals surface area contributed by atoms with Crippen molar-refractivity contribution in [1.82, 2.24) is 5.32 Å². The smallest absolute Gasteiger partial charge is 0.407 e. The first-order valence-corrected chi connectivity index (χ1v) is 6.91. The number of nitrogens with one attached hydrogen (secondary N) is 1. The van der Waals surface area contributed by atoms with E-state index in [1.54, 1.807) is 0 Å². The van der Waals surface area contributed by atoms with Crippen LogP contribution in [0.3, 0.4) is 0 Å². The van der Waals surface area contributed by atoms with Gasteiger partial charge in [0.15, 0.2) is 0 Å². The Labute approximate surface area is 117 Å². The molecule has 1 amide bonds. The van der Waals surface area contributed by atoms with Gasteiger partial charge in [-0.05, 0) is 44.2 Å². The normalized spacial score (nSPS) is 11.3. The van der Waals surface area contributed by atoms with E-state index in [9.17, 15) is 4.79 Å². The highest BCUT2D eigenvalue weighted by Gasteiger charge is 2.15. The maximum atomic E-state index is 11.3. The van der Waals surface area contributed by atoms with Gasteiger partial charge in [-0.2, -0.15) is 5.26 Å². The van der Waals surface area contributed by atoms with Gasteiger partial charge in [0, 0.05) is 6.54 Å². The Morgan fingerprint density at radius 1 is 1.58 bits per heavy atom. The van der Waals surface area contributed by atoms with Crippen LogP contribution in [-0.4, -0.2) is 18.2 Å². The van der Waals surface area contributed by atoms with E-state index in [1.165, 1.54) is 11.3 Å². The molecule has 0 atom stereocenters. The van der Waals surface area contributed by atoms with Crippen LogP contribution in [-0.2, 0) is 4.74 Å². The summed E-state index contributed by atoms with van der Waals surface area (Å²) in [5.41, 5.74) is 0.545. The molecule has 1 aromatic heterocycles. The number of rotatable bonds is 4. The first kappa shape index (κ1) is 15.3. The lowest BCUT2D eigenvalue weighted by atomic mass is 10.2. The lowest BCUT2D eigenvalue weighted by Gasteiger charge is -2.19. The third-order valence-electron chi connectivity index (χ3n) is 2.02. The Kier molecular flexibility index (Phi) is 5.58. The fourth-order valence-electron chi connectivity index (χ4n) is 1.29. The summed E-state index contributed by atoms with van der Waals surface area (Å²) in [7, 11) is 0. The molecule has 0 aliphatic carbocycles. The third-order valence-corrected chi connectivity index (χ3v) is 2.87. The summed E-state index contributed by atoms with van der Waals surface area (Å²) >= 11 is 1.42. The molecule has 1 aromatic rings. The molecule has 4 nitrogen and oxygen atoms in total. The van der Waals surface area contributed by atoms with E-state index < -0.39 is 11.7 Å². The number of alkyl carbamates (subject to hydrolysis) is 1. The molecular formula is C14H18N2O2S. The standard InChI is InChI=1S/C14H18N2O2S/c1-14(2,3)18-13(17)16-7-5-4-6-11-8-12(9-15)19-10-11/h4,6,8,10H,5,7H2,1-3H3,(H,16,17). The van der Waals surface area contributed by atoms with Gasteiger partial charge in [0.05, 0.1) is 0 Å². The van der Waals surface area contributed by atoms with Crippen molar-refractivity contribution >= 4 is 23.5 Å². The van der Waals surface area contributed by atoms with Crippen molar-refractivity contribution in [2.24, 2.45) is 0 Å². The van der Waals surface area contributed by atoms with E-state index in [0.29, 0.717) is 11.4 Å². The molecule has 0 saturated heterocycles. The van der Waals surface area contributed by atoms with Gasteiger partial charge in [-0.1, -0.05) is 12.2 Å². The van der Waals surface area contributed by atoms with Crippen LogP contribution < -0.4 is 5.32 Å². The summed E-state index contributed by atoms with van der Waals surface area (Å²) in [6.07, 6.45) is 4.22. The summed E-state index contributed by atoms with van der Waals surface area (Å²) in [6, 6.07) is 3.93. The number of nitrogens with zero attached hydrogens (tertiary/aromatic N) is 1. The van der Waals surface area contributed by atoms with Gasteiger partial charge in [0.2, 0.25) is 0 Å². The van der Waals surface area contributed by atoms with Crippen molar-refractivity contribution in [3.8, 4) is 6.07 Å². The second-order valence-corrected chi connectivity index (χ2v) is 5.89. The van der Waals surface area contributed by atoms with Gasteiger partial charge >= 0.3 is 6.09 Å². The molecule has 0 radical (unpaired) electrons. The number of carbonyl (C=O) groups excluding carboxylic acids is 1. The summed E-state index contributed by atoms with van der Waals surface area (Å²) in [5.74, 6) is 0. The average molecular weight is 278 g/mol. The lowest BCUT2D eigenvalue weighted by Crippen LogP contribution is -2.32. The van der Waals surface area contributed by atoms with Crippen molar-refractivity contribution < 1.29 is 9.53 Å². The molecule has 0 spiro atoms. The fourth-order valence-corrected chi connectivity index (χ4v) is 1.95. The van der Waals surface area contributed by atoms with Crippen molar-refractivity contribution in [1.29, 1.82) is 5.26 Å². The molecule has 0 bridgehead atoms. The topological polar surface area (TPSA) is 62.1 Å². The second kappa shape index (κ2) is 6.95. The maximum absolute atomic E-state index is 11.3. The Hall–Kier alpha value is -1.80. The monoisotopic (exact) mass is 278 g/mol. The predicted molar refractivity (Wildman–Crippen MR) is 76.9 cm³/mol. The van der Waals surface area contributed by atoms with Crippen molar-refractivity contribution in [2.45, 2.75) is 32.8 Å². The van der Waals surface area contributed by atoms with Crippen LogP contribution in [0, 0.1) is 11.3 Å². The first-order valence-electron chi connectivity index (χ1n) is 6.03. The molecule has 19 heavy (non-hydrogen) atoms. The number of hydrogen-bond donors (Lipinski definition) is 1. The molecule has 1 rings (SSSR count). The number of amides is 1. The number of ether oxygens (including phenoxy) is 1. The number of carbonyl (C=O) groups is 1. The van der Waals surface area contributed by atoms with Crippen molar-refractivity contribution in [2.75, 3.05) is 6.54 Å². The highest BCUT2D eigenvalue weighted by Crippen LogP contribution is 2.14. The molecule has 0 aliphatic heterocycles. The van der Waals surface area contributed by atoms with E-state index in [4.69, 9.17) is 10.00 Å². The molecule has 1 N–H and O–H groups in total. The minimum Gasteiger partial charge on any atom is -0.444 e. The molecule has 0 unspecified atom stereocenters. The molecular weight excluding hydrogens is 260 g/mol. The summed E-state index contributed by atoms with van der Waals surface area (Å²) in [5, 5.41) is 13.3. The Morgan fingerprint density at radius 2 is 2.32 bits per heavy atom. The number of thiophene rings is 1. The molecule has 0 aliphatic rings. The van der Waals surface area contributed by atoms with Crippen LogP contribution in [0.4, 0.5) is 4.79 Å². The molecule has 0 fully saturated rings. The fraction of sp³-hybridized carbons (Fsp3) is 0.429. The van der Waals surface area contributed by atoms with Crippen LogP contribution in [0.1, 0.15) is 37.6 Å². The number of hydrogen-bond acceptors (Lipinski definition) is 4. The van der Waals surface area contributed by atoms with Gasteiger partial charge < -0.3 is 10.1 Å². The minimum absolute atomic E-state index is 0.400. The third kappa shape index (κ3) is 6.63. The van der Waals surface area contributed by atoms with Crippen LogP contribution in [0.2, 0.25) is 0 Å². The highest BCUT2D eigenvalue weighted by molar-refractivity contribution is 7.10. The zero-order chi connectivity index (χ0) is 14.3. The number of nitriles is 1. The van der Waals surface area contributed by atoms with Gasteiger partial charge in [0.1, 0.15) is 16.5 Å². The van der Waals surface area contributed by atoms with Gasteiger partial charge in [-0.15, -0.1) is 11.3 Å². The zero-order valence-electron chi connectivity index (χ0n) is 11.4. The van der Waals surface area contributed by atoms with Gasteiger partial charge in [-0.25, -0.2) is 4.79 Å². The van der Waals surface area contributed by atoms with E-state index >= 15 is 0 Å². The van der Waals surface area contributed by atoms with Crippen LogP contribution in [0.25, 0.3) is 6.08 Å². The van der Waals surface area contributed by atoms with Gasteiger partial charge in [-0.3, -0.25) is 0 Å². The Bertz CT molecular complexity index is 492. The Morgan fingerprint density at radius 3 is 2.89 bits per heavy atom. The minimum atomic E-state index is -0.468. The van der Waals surface area contributed by atoms with Crippen LogP contribution >= 0.6 is 11.3 Å². The van der Waals surface area contributed by atoms with E-state index in [0.717, 1.165) is 12.0 Å². The van der Waals surface area contributed by atoms with E-state index in [-0.39, 0.29) is 0 Å². The van der Waals surface area contributed by atoms with Crippen LogP contribution in [0.15, 0.2) is 17.5 Å². The molecule has 0 aromatic carbocycles. The lowest BCUT2D eigenvalue weighted by molar-refractivity contribution is 0.0529. The second-order valence-electron chi connectivity index (χ2n) is 4.98. The average Bonchev–Trinajstić information content (AvgIpc) is 2.74. The molecule has 0 saturated carbocycles.